The van der Waals surface area contributed by atoms with E-state index >= 15 is 0 Å². The Morgan fingerprint density at radius 2 is 1.82 bits per heavy atom. The van der Waals surface area contributed by atoms with E-state index in [0.717, 1.165) is 35.6 Å². The molecule has 4 rings (SSSR count). The molecule has 2 aromatic carbocycles. The Bertz CT molecular complexity index is 1110. The minimum absolute atomic E-state index is 0.0840. The average Bonchev–Trinajstić information content (AvgIpc) is 3.31. The summed E-state index contributed by atoms with van der Waals surface area (Å²) < 4.78 is 5.40. The molecule has 0 unspecified atom stereocenters. The van der Waals surface area contributed by atoms with Crippen molar-refractivity contribution in [1.82, 2.24) is 15.1 Å². The van der Waals surface area contributed by atoms with Gasteiger partial charge in [-0.3, -0.25) is 9.59 Å². The number of amides is 2. The molecule has 2 amide bonds. The van der Waals surface area contributed by atoms with Gasteiger partial charge in [0.25, 0.3) is 11.1 Å². The van der Waals surface area contributed by atoms with Crippen molar-refractivity contribution in [2.24, 2.45) is 0 Å². The molecule has 3 aromatic rings. The number of carbonyl (C=O) groups excluding carboxylic acids is 2. The Morgan fingerprint density at radius 1 is 1.06 bits per heavy atom. The maximum Gasteiger partial charge on any atom is 0.277 e. The molecule has 0 radical (unpaired) electrons. The van der Waals surface area contributed by atoms with Crippen LogP contribution in [0.5, 0.6) is 0 Å². The number of hydrogen-bond donors (Lipinski definition) is 1. The van der Waals surface area contributed by atoms with Crippen LogP contribution in [0.1, 0.15) is 28.7 Å². The first-order valence-corrected chi connectivity index (χ1v) is 12.0. The molecular weight excluding hydrogens is 438 g/mol. The summed E-state index contributed by atoms with van der Waals surface area (Å²) in [5, 5.41) is 11.1. The van der Waals surface area contributed by atoms with Gasteiger partial charge in [0.05, 0.1) is 5.75 Å². The number of nitrogens with one attached hydrogen (secondary N) is 1. The monoisotopic (exact) mass is 465 g/mol. The van der Waals surface area contributed by atoms with Gasteiger partial charge in [-0.25, -0.2) is 0 Å². The Balaban J connectivity index is 1.25. The summed E-state index contributed by atoms with van der Waals surface area (Å²) in [6.45, 7) is 6.82. The first kappa shape index (κ1) is 22.8. The number of aromatic nitrogens is 2. The summed E-state index contributed by atoms with van der Waals surface area (Å²) in [5.74, 6) is 0.714. The molecule has 0 bridgehead atoms. The standard InChI is InChI=1S/C24H27N5O3S/c1-3-22-26-27-24(32-22)33-16-21(30)25-19-7-9-20(10-8-19)28-11-13-29(14-12-28)23(31)18-6-4-5-17(2)15-18/h4-10,15H,3,11-14,16H2,1-2H3,(H,25,30). The third-order valence-corrected chi connectivity index (χ3v) is 6.24. The van der Waals surface area contributed by atoms with E-state index in [4.69, 9.17) is 4.42 Å². The molecule has 1 aliphatic heterocycles. The molecule has 1 fully saturated rings. The third kappa shape index (κ3) is 5.92. The van der Waals surface area contributed by atoms with Crippen molar-refractivity contribution in [3.63, 3.8) is 0 Å². The number of benzene rings is 2. The van der Waals surface area contributed by atoms with Gasteiger partial charge in [0.1, 0.15) is 0 Å². The Morgan fingerprint density at radius 3 is 2.48 bits per heavy atom. The third-order valence-electron chi connectivity index (χ3n) is 5.43. The van der Waals surface area contributed by atoms with Gasteiger partial charge < -0.3 is 19.5 Å². The van der Waals surface area contributed by atoms with E-state index in [2.05, 4.69) is 20.4 Å². The van der Waals surface area contributed by atoms with E-state index in [1.54, 1.807) is 0 Å². The zero-order valence-corrected chi connectivity index (χ0v) is 19.6. The second kappa shape index (κ2) is 10.5. The number of thioether (sulfide) groups is 1. The smallest absolute Gasteiger partial charge is 0.277 e. The molecule has 33 heavy (non-hydrogen) atoms. The van der Waals surface area contributed by atoms with Crippen LogP contribution in [0.25, 0.3) is 0 Å². The number of nitrogens with zero attached hydrogens (tertiary/aromatic N) is 4. The predicted octanol–water partition coefficient (Wildman–Crippen LogP) is 3.63. The van der Waals surface area contributed by atoms with Crippen molar-refractivity contribution in [3.8, 4) is 0 Å². The van der Waals surface area contributed by atoms with E-state index in [1.807, 2.05) is 67.3 Å². The van der Waals surface area contributed by atoms with Gasteiger partial charge in [0, 0.05) is 49.5 Å². The van der Waals surface area contributed by atoms with Crippen molar-refractivity contribution < 1.29 is 14.0 Å². The van der Waals surface area contributed by atoms with Crippen LogP contribution in [0.2, 0.25) is 0 Å². The largest absolute Gasteiger partial charge is 0.416 e. The van der Waals surface area contributed by atoms with Crippen LogP contribution in [0.15, 0.2) is 58.2 Å². The molecule has 1 aliphatic rings. The first-order valence-electron chi connectivity index (χ1n) is 11.0. The zero-order chi connectivity index (χ0) is 23.2. The van der Waals surface area contributed by atoms with Gasteiger partial charge in [-0.2, -0.15) is 0 Å². The van der Waals surface area contributed by atoms with Gasteiger partial charge in [0.2, 0.25) is 11.8 Å². The summed E-state index contributed by atoms with van der Waals surface area (Å²) in [6.07, 6.45) is 0.671. The van der Waals surface area contributed by atoms with Crippen molar-refractivity contribution in [3.05, 3.63) is 65.5 Å². The number of anilines is 2. The molecule has 9 heteroatoms. The van der Waals surface area contributed by atoms with Crippen LogP contribution < -0.4 is 10.2 Å². The number of hydrogen-bond acceptors (Lipinski definition) is 7. The second-order valence-corrected chi connectivity index (χ2v) is 8.77. The summed E-state index contributed by atoms with van der Waals surface area (Å²) in [4.78, 5) is 29.1. The molecule has 1 aromatic heterocycles. The minimum Gasteiger partial charge on any atom is -0.416 e. The van der Waals surface area contributed by atoms with Crippen molar-refractivity contribution in [1.29, 1.82) is 0 Å². The van der Waals surface area contributed by atoms with Gasteiger partial charge >= 0.3 is 0 Å². The quantitative estimate of drug-likeness (QED) is 0.533. The molecule has 0 atom stereocenters. The van der Waals surface area contributed by atoms with E-state index < -0.39 is 0 Å². The fourth-order valence-corrected chi connectivity index (χ4v) is 4.23. The molecule has 1 N–H and O–H groups in total. The maximum atomic E-state index is 12.8. The summed E-state index contributed by atoms with van der Waals surface area (Å²) >= 11 is 1.22. The Hall–Kier alpha value is -3.33. The van der Waals surface area contributed by atoms with Gasteiger partial charge in [0.15, 0.2) is 0 Å². The molecule has 1 saturated heterocycles. The lowest BCUT2D eigenvalue weighted by atomic mass is 10.1. The summed E-state index contributed by atoms with van der Waals surface area (Å²) in [6, 6.07) is 15.5. The highest BCUT2D eigenvalue weighted by Crippen LogP contribution is 2.21. The fourth-order valence-electron chi connectivity index (χ4n) is 3.65. The van der Waals surface area contributed by atoms with Crippen molar-refractivity contribution >= 4 is 35.0 Å². The highest BCUT2D eigenvalue weighted by atomic mass is 32.2. The lowest BCUT2D eigenvalue weighted by Gasteiger charge is -2.36. The topological polar surface area (TPSA) is 91.6 Å². The van der Waals surface area contributed by atoms with Crippen molar-refractivity contribution in [2.45, 2.75) is 25.5 Å². The zero-order valence-electron chi connectivity index (χ0n) is 18.8. The van der Waals surface area contributed by atoms with E-state index in [-0.39, 0.29) is 17.6 Å². The number of rotatable bonds is 7. The molecule has 2 heterocycles. The first-order chi connectivity index (χ1) is 16.0. The van der Waals surface area contributed by atoms with Crippen molar-refractivity contribution in [2.75, 3.05) is 42.1 Å². The molecule has 0 aliphatic carbocycles. The highest BCUT2D eigenvalue weighted by Gasteiger charge is 2.22. The molecular formula is C24H27N5O3S. The van der Waals surface area contributed by atoms with Crippen LogP contribution in [0.4, 0.5) is 11.4 Å². The van der Waals surface area contributed by atoms with Gasteiger partial charge in [-0.1, -0.05) is 36.4 Å². The van der Waals surface area contributed by atoms with Crippen LogP contribution in [0.3, 0.4) is 0 Å². The fraction of sp³-hybridized carbons (Fsp3) is 0.333. The van der Waals surface area contributed by atoms with E-state index in [0.29, 0.717) is 30.6 Å². The normalized spacial score (nSPS) is 13.8. The summed E-state index contributed by atoms with van der Waals surface area (Å²) in [7, 11) is 0. The number of piperazine rings is 1. The molecule has 0 spiro atoms. The minimum atomic E-state index is -0.132. The van der Waals surface area contributed by atoms with Crippen LogP contribution >= 0.6 is 11.8 Å². The van der Waals surface area contributed by atoms with E-state index in [9.17, 15) is 9.59 Å². The number of carbonyl (C=O) groups is 2. The Kier molecular flexibility index (Phi) is 7.29. The van der Waals surface area contributed by atoms with Gasteiger partial charge in [-0.05, 0) is 43.3 Å². The Labute approximate surface area is 197 Å². The second-order valence-electron chi connectivity index (χ2n) is 7.85. The number of aryl methyl sites for hydroxylation is 2. The molecule has 0 saturated carbocycles. The lowest BCUT2D eigenvalue weighted by Crippen LogP contribution is -2.48. The highest BCUT2D eigenvalue weighted by molar-refractivity contribution is 7.99. The summed E-state index contributed by atoms with van der Waals surface area (Å²) in [5.41, 5.74) is 3.64. The molecule has 8 nitrogen and oxygen atoms in total. The predicted molar refractivity (Wildman–Crippen MR) is 129 cm³/mol. The molecule has 172 valence electrons. The van der Waals surface area contributed by atoms with Crippen LogP contribution in [0, 0.1) is 6.92 Å². The van der Waals surface area contributed by atoms with Gasteiger partial charge in [-0.15, -0.1) is 10.2 Å². The maximum absolute atomic E-state index is 12.8. The van der Waals surface area contributed by atoms with Crippen LogP contribution in [-0.4, -0.2) is 58.8 Å². The SMILES string of the molecule is CCc1nnc(SCC(=O)Nc2ccc(N3CCN(C(=O)c4cccc(C)c4)CC3)cc2)o1. The average molecular weight is 466 g/mol. The van der Waals surface area contributed by atoms with E-state index in [1.165, 1.54) is 11.8 Å². The lowest BCUT2D eigenvalue weighted by molar-refractivity contribution is -0.113. The van der Waals surface area contributed by atoms with Crippen LogP contribution in [-0.2, 0) is 11.2 Å².